The second kappa shape index (κ2) is 5.51. The normalized spacial score (nSPS) is 18.3. The fraction of sp³-hybridized carbons (Fsp3) is 0.455. The number of aliphatic hydroxyl groups excluding tert-OH is 1. The smallest absolute Gasteiger partial charge is 0.494 e. The van der Waals surface area contributed by atoms with E-state index in [1.807, 2.05) is 12.1 Å². The molecule has 1 atom stereocenters. The fourth-order valence-electron chi connectivity index (χ4n) is 1.92. The molecular formula is C11H16BNO4. The highest BCUT2D eigenvalue weighted by atomic mass is 16.5. The number of aliphatic hydroxyl groups is 1. The Bertz CT molecular complexity index is 388. The Hall–Kier alpha value is -1.08. The van der Waals surface area contributed by atoms with Crippen LogP contribution < -0.4 is 15.5 Å². The van der Waals surface area contributed by atoms with E-state index in [0.29, 0.717) is 24.2 Å². The first kappa shape index (κ1) is 12.4. The third-order valence-corrected chi connectivity index (χ3v) is 2.72. The largest absolute Gasteiger partial charge is 0.496 e. The summed E-state index contributed by atoms with van der Waals surface area (Å²) in [6, 6.07) is 5.55. The average molecular weight is 237 g/mol. The molecule has 0 radical (unpaired) electrons. The van der Waals surface area contributed by atoms with Crippen LogP contribution in [0.4, 0.5) is 0 Å². The fourth-order valence-corrected chi connectivity index (χ4v) is 1.92. The third kappa shape index (κ3) is 2.45. The summed E-state index contributed by atoms with van der Waals surface area (Å²) >= 11 is 0. The molecule has 92 valence electrons. The first-order chi connectivity index (χ1) is 8.27. The maximum absolute atomic E-state index is 9.83. The molecule has 5 nitrogen and oxygen atoms in total. The lowest BCUT2D eigenvalue weighted by Gasteiger charge is -2.11. The molecule has 1 aliphatic rings. The Kier molecular flexibility index (Phi) is 4.01. The van der Waals surface area contributed by atoms with Gasteiger partial charge in [0.25, 0.3) is 0 Å². The van der Waals surface area contributed by atoms with Gasteiger partial charge in [0.2, 0.25) is 0 Å². The number of fused-ring (bicyclic) bond motifs is 1. The maximum atomic E-state index is 9.83. The van der Waals surface area contributed by atoms with Crippen molar-refractivity contribution >= 4 is 12.6 Å². The van der Waals surface area contributed by atoms with Crippen LogP contribution in [0, 0.1) is 0 Å². The van der Waals surface area contributed by atoms with Gasteiger partial charge in [0, 0.05) is 18.5 Å². The summed E-state index contributed by atoms with van der Waals surface area (Å²) < 4.78 is 10.9. The lowest BCUT2D eigenvalue weighted by atomic mass is 9.78. The lowest BCUT2D eigenvalue weighted by molar-refractivity contribution is 0.164. The van der Waals surface area contributed by atoms with Crippen molar-refractivity contribution in [3.05, 3.63) is 23.8 Å². The molecule has 2 rings (SSSR count). The number of ether oxygens (including phenoxy) is 1. The molecule has 0 aromatic heterocycles. The second-order valence-electron chi connectivity index (χ2n) is 3.84. The van der Waals surface area contributed by atoms with Crippen LogP contribution in [0.25, 0.3) is 0 Å². The number of nitrogens with one attached hydrogen (secondary N) is 1. The van der Waals surface area contributed by atoms with Crippen LogP contribution in [-0.2, 0) is 4.65 Å². The van der Waals surface area contributed by atoms with E-state index < -0.39 is 7.12 Å². The Morgan fingerprint density at radius 1 is 1.53 bits per heavy atom. The first-order valence-electron chi connectivity index (χ1n) is 5.65. The van der Waals surface area contributed by atoms with E-state index in [0.717, 1.165) is 5.56 Å². The molecule has 3 N–H and O–H groups in total. The topological polar surface area (TPSA) is 71.0 Å². The summed E-state index contributed by atoms with van der Waals surface area (Å²) in [6.45, 7) is 0.511. The minimum atomic E-state index is -0.965. The monoisotopic (exact) mass is 237 g/mol. The highest BCUT2D eigenvalue weighted by molar-refractivity contribution is 6.62. The SMILES string of the molecule is CN[C@@H]1OB(O)c2c(OCCCO)cccc21. The summed E-state index contributed by atoms with van der Waals surface area (Å²) in [5.41, 5.74) is 1.56. The van der Waals surface area contributed by atoms with E-state index in [2.05, 4.69) is 5.32 Å². The second-order valence-corrected chi connectivity index (χ2v) is 3.84. The van der Waals surface area contributed by atoms with Crippen molar-refractivity contribution in [2.75, 3.05) is 20.3 Å². The van der Waals surface area contributed by atoms with E-state index in [-0.39, 0.29) is 12.8 Å². The van der Waals surface area contributed by atoms with Crippen molar-refractivity contribution < 1.29 is 19.5 Å². The Labute approximate surface area is 101 Å². The Morgan fingerprint density at radius 2 is 2.35 bits per heavy atom. The highest BCUT2D eigenvalue weighted by Gasteiger charge is 2.37. The number of hydrogen-bond acceptors (Lipinski definition) is 5. The molecule has 0 unspecified atom stereocenters. The van der Waals surface area contributed by atoms with Crippen molar-refractivity contribution in [1.82, 2.24) is 5.32 Å². The van der Waals surface area contributed by atoms with Crippen LogP contribution >= 0.6 is 0 Å². The van der Waals surface area contributed by atoms with E-state index in [4.69, 9.17) is 14.5 Å². The molecule has 0 fully saturated rings. The molecule has 0 saturated heterocycles. The van der Waals surface area contributed by atoms with Crippen molar-refractivity contribution in [3.63, 3.8) is 0 Å². The molecule has 0 bridgehead atoms. The summed E-state index contributed by atoms with van der Waals surface area (Å²) in [5, 5.41) is 21.5. The summed E-state index contributed by atoms with van der Waals surface area (Å²) in [6.07, 6.45) is 0.261. The van der Waals surface area contributed by atoms with E-state index in [1.165, 1.54) is 0 Å². The van der Waals surface area contributed by atoms with Crippen molar-refractivity contribution in [2.24, 2.45) is 0 Å². The Morgan fingerprint density at radius 3 is 3.06 bits per heavy atom. The Balaban J connectivity index is 2.21. The van der Waals surface area contributed by atoms with Gasteiger partial charge in [0.1, 0.15) is 12.0 Å². The van der Waals surface area contributed by atoms with Gasteiger partial charge in [-0.1, -0.05) is 12.1 Å². The zero-order chi connectivity index (χ0) is 12.3. The van der Waals surface area contributed by atoms with Crippen molar-refractivity contribution in [3.8, 4) is 5.75 Å². The number of hydrogen-bond donors (Lipinski definition) is 3. The van der Waals surface area contributed by atoms with Gasteiger partial charge in [-0.15, -0.1) is 0 Å². The molecule has 0 saturated carbocycles. The summed E-state index contributed by atoms with van der Waals surface area (Å²) in [5.74, 6) is 0.612. The third-order valence-electron chi connectivity index (χ3n) is 2.72. The van der Waals surface area contributed by atoms with Crippen molar-refractivity contribution in [1.29, 1.82) is 0 Å². The van der Waals surface area contributed by atoms with Gasteiger partial charge in [0.05, 0.1) is 6.61 Å². The molecule has 6 heteroatoms. The standard InChI is InChI=1S/C11H16BNO4/c1-13-11-8-4-2-5-9(16-7-3-6-14)10(8)12(15)17-11/h2,4-5,11,13-15H,3,6-7H2,1H3/t11-/m1/s1. The quantitative estimate of drug-likeness (QED) is 0.470. The number of benzene rings is 1. The van der Waals surface area contributed by atoms with Gasteiger partial charge >= 0.3 is 7.12 Å². The van der Waals surface area contributed by atoms with Gasteiger partial charge in [-0.2, -0.15) is 0 Å². The molecule has 1 aliphatic heterocycles. The van der Waals surface area contributed by atoms with E-state index in [1.54, 1.807) is 13.1 Å². The predicted octanol–water partition coefficient (Wildman–Crippen LogP) is -0.616. The van der Waals surface area contributed by atoms with Crippen LogP contribution in [0.5, 0.6) is 5.75 Å². The lowest BCUT2D eigenvalue weighted by Crippen LogP contribution is -2.30. The zero-order valence-corrected chi connectivity index (χ0v) is 9.72. The van der Waals surface area contributed by atoms with Gasteiger partial charge in [-0.25, -0.2) is 0 Å². The van der Waals surface area contributed by atoms with Gasteiger partial charge in [0.15, 0.2) is 0 Å². The summed E-state index contributed by atoms with van der Waals surface area (Å²) in [4.78, 5) is 0. The summed E-state index contributed by atoms with van der Waals surface area (Å²) in [7, 11) is 0.805. The zero-order valence-electron chi connectivity index (χ0n) is 9.72. The predicted molar refractivity (Wildman–Crippen MR) is 64.1 cm³/mol. The minimum Gasteiger partial charge on any atom is -0.494 e. The molecule has 1 heterocycles. The van der Waals surface area contributed by atoms with Crippen LogP contribution in [-0.4, -0.2) is 37.5 Å². The van der Waals surface area contributed by atoms with Crippen molar-refractivity contribution in [2.45, 2.75) is 12.6 Å². The number of rotatable bonds is 5. The maximum Gasteiger partial charge on any atom is 0.496 e. The molecule has 1 aromatic carbocycles. The molecule has 17 heavy (non-hydrogen) atoms. The molecule has 0 aliphatic carbocycles. The molecule has 1 aromatic rings. The van der Waals surface area contributed by atoms with E-state index in [9.17, 15) is 5.02 Å². The van der Waals surface area contributed by atoms with E-state index >= 15 is 0 Å². The van der Waals surface area contributed by atoms with Crippen LogP contribution in [0.15, 0.2) is 18.2 Å². The van der Waals surface area contributed by atoms with Gasteiger partial charge in [-0.05, 0) is 18.7 Å². The minimum absolute atomic E-state index is 0.0905. The molecule has 0 spiro atoms. The van der Waals surface area contributed by atoms with Crippen LogP contribution in [0.1, 0.15) is 18.2 Å². The van der Waals surface area contributed by atoms with Gasteiger partial charge in [-0.3, -0.25) is 5.32 Å². The molecule has 0 amide bonds. The highest BCUT2D eigenvalue weighted by Crippen LogP contribution is 2.25. The first-order valence-corrected chi connectivity index (χ1v) is 5.65. The van der Waals surface area contributed by atoms with Gasteiger partial charge < -0.3 is 19.5 Å². The average Bonchev–Trinajstić information content (AvgIpc) is 2.68. The molecular weight excluding hydrogens is 221 g/mol. The van der Waals surface area contributed by atoms with Crippen LogP contribution in [0.3, 0.4) is 0 Å². The van der Waals surface area contributed by atoms with Crippen LogP contribution in [0.2, 0.25) is 0 Å².